The van der Waals surface area contributed by atoms with Gasteiger partial charge in [0.05, 0.1) is 59.4 Å². The van der Waals surface area contributed by atoms with Crippen molar-refractivity contribution in [1.29, 1.82) is 0 Å². The Morgan fingerprint density at radius 1 is 1.00 bits per heavy atom. The van der Waals surface area contributed by atoms with E-state index in [1.807, 2.05) is 0 Å². The fourth-order valence-corrected chi connectivity index (χ4v) is 3.24. The van der Waals surface area contributed by atoms with Crippen LogP contribution in [0.25, 0.3) is 0 Å². The van der Waals surface area contributed by atoms with Crippen LogP contribution in [0.4, 0.5) is 0 Å². The maximum Gasteiger partial charge on any atom is 0.0701 e. The SMILES string of the molecule is NCCOCCOCCOCCN(N)/C=C(\N)CN1CCC2(CC1)COC2. The van der Waals surface area contributed by atoms with Crippen molar-refractivity contribution in [2.45, 2.75) is 12.8 Å². The highest BCUT2D eigenvalue weighted by molar-refractivity contribution is 5.00. The molecule has 0 bridgehead atoms. The van der Waals surface area contributed by atoms with Gasteiger partial charge in [-0.1, -0.05) is 0 Å². The molecule has 2 saturated heterocycles. The average molecular weight is 388 g/mol. The van der Waals surface area contributed by atoms with E-state index in [9.17, 15) is 0 Å². The largest absolute Gasteiger partial charge is 0.400 e. The summed E-state index contributed by atoms with van der Waals surface area (Å²) in [5.74, 6) is 5.97. The van der Waals surface area contributed by atoms with Gasteiger partial charge < -0.3 is 35.4 Å². The minimum absolute atomic E-state index is 0.452. The van der Waals surface area contributed by atoms with Crippen molar-refractivity contribution in [3.8, 4) is 0 Å². The molecule has 2 aliphatic heterocycles. The molecule has 2 aliphatic rings. The normalized spacial score (nSPS) is 20.0. The van der Waals surface area contributed by atoms with Crippen molar-refractivity contribution in [1.82, 2.24) is 9.91 Å². The number of rotatable bonds is 14. The minimum Gasteiger partial charge on any atom is -0.400 e. The molecule has 0 atom stereocenters. The number of hydrazine groups is 1. The summed E-state index contributed by atoms with van der Waals surface area (Å²) in [7, 11) is 0. The molecule has 0 aromatic carbocycles. The van der Waals surface area contributed by atoms with Crippen LogP contribution in [0.5, 0.6) is 0 Å². The lowest BCUT2D eigenvalue weighted by Crippen LogP contribution is -2.51. The lowest BCUT2D eigenvalue weighted by molar-refractivity contribution is -0.138. The second-order valence-corrected chi connectivity index (χ2v) is 7.34. The average Bonchev–Trinajstić information content (AvgIpc) is 2.62. The van der Waals surface area contributed by atoms with Crippen LogP contribution in [0, 0.1) is 5.41 Å². The number of hydrogen-bond acceptors (Lipinski definition) is 9. The van der Waals surface area contributed by atoms with Crippen LogP contribution in [0.1, 0.15) is 12.8 Å². The van der Waals surface area contributed by atoms with Crippen molar-refractivity contribution < 1.29 is 18.9 Å². The summed E-state index contributed by atoms with van der Waals surface area (Å²) in [5, 5.41) is 1.59. The third-order valence-electron chi connectivity index (χ3n) is 4.97. The van der Waals surface area contributed by atoms with Crippen LogP contribution < -0.4 is 17.3 Å². The summed E-state index contributed by atoms with van der Waals surface area (Å²) in [6.07, 6.45) is 4.19. The third-order valence-corrected chi connectivity index (χ3v) is 4.97. The van der Waals surface area contributed by atoms with Gasteiger partial charge in [0, 0.05) is 30.4 Å². The monoisotopic (exact) mass is 387 g/mol. The highest BCUT2D eigenvalue weighted by Gasteiger charge is 2.40. The van der Waals surface area contributed by atoms with Gasteiger partial charge in [-0.05, 0) is 25.9 Å². The van der Waals surface area contributed by atoms with Crippen molar-refractivity contribution in [3.63, 3.8) is 0 Å². The number of hydrogen-bond donors (Lipinski definition) is 3. The Kier molecular flexibility index (Phi) is 10.4. The first kappa shape index (κ1) is 22.4. The maximum absolute atomic E-state index is 6.13. The van der Waals surface area contributed by atoms with Gasteiger partial charge >= 0.3 is 0 Å². The van der Waals surface area contributed by atoms with E-state index in [2.05, 4.69) is 4.90 Å². The van der Waals surface area contributed by atoms with Gasteiger partial charge in [0.1, 0.15) is 0 Å². The molecule has 0 radical (unpaired) electrons. The molecule has 0 amide bonds. The van der Waals surface area contributed by atoms with E-state index in [4.69, 9.17) is 36.3 Å². The van der Waals surface area contributed by atoms with Crippen molar-refractivity contribution in [2.75, 3.05) is 85.6 Å². The number of ether oxygens (including phenoxy) is 4. The van der Waals surface area contributed by atoms with E-state index >= 15 is 0 Å². The molecular formula is C18H37N5O4. The lowest BCUT2D eigenvalue weighted by atomic mass is 9.77. The third kappa shape index (κ3) is 8.73. The summed E-state index contributed by atoms with van der Waals surface area (Å²) in [5.41, 5.74) is 12.7. The molecule has 2 fully saturated rings. The Labute approximate surface area is 162 Å². The first-order valence-electron chi connectivity index (χ1n) is 9.84. The van der Waals surface area contributed by atoms with Gasteiger partial charge in [-0.2, -0.15) is 0 Å². The second-order valence-electron chi connectivity index (χ2n) is 7.34. The highest BCUT2D eigenvalue weighted by Crippen LogP contribution is 2.38. The maximum atomic E-state index is 6.13. The molecule has 0 aromatic rings. The molecule has 27 heavy (non-hydrogen) atoms. The van der Waals surface area contributed by atoms with Crippen LogP contribution in [0.2, 0.25) is 0 Å². The second kappa shape index (κ2) is 12.5. The molecule has 0 unspecified atom stereocenters. The highest BCUT2D eigenvalue weighted by atomic mass is 16.5. The van der Waals surface area contributed by atoms with E-state index in [1.165, 1.54) is 12.8 Å². The Hall–Kier alpha value is -0.940. The Morgan fingerprint density at radius 2 is 1.59 bits per heavy atom. The first-order chi connectivity index (χ1) is 13.1. The molecule has 2 rings (SSSR count). The molecule has 9 nitrogen and oxygen atoms in total. The predicted octanol–water partition coefficient (Wildman–Crippen LogP) is -0.917. The lowest BCUT2D eigenvalue weighted by Gasteiger charge is -2.47. The van der Waals surface area contributed by atoms with Crippen LogP contribution in [-0.2, 0) is 18.9 Å². The molecule has 9 heteroatoms. The molecule has 2 heterocycles. The number of nitrogens with zero attached hydrogens (tertiary/aromatic N) is 2. The van der Waals surface area contributed by atoms with E-state index < -0.39 is 0 Å². The van der Waals surface area contributed by atoms with E-state index in [-0.39, 0.29) is 0 Å². The number of piperidine rings is 1. The predicted molar refractivity (Wildman–Crippen MR) is 104 cm³/mol. The van der Waals surface area contributed by atoms with Crippen molar-refractivity contribution >= 4 is 0 Å². The number of likely N-dealkylation sites (tertiary alicyclic amines) is 1. The Balaban J connectivity index is 1.45. The summed E-state index contributed by atoms with van der Waals surface area (Å²) in [6.45, 7) is 9.14. The standard InChI is InChI=1S/C18H37N5O4/c19-3-7-24-9-11-26-12-10-25-8-6-23(21)14-17(20)13-22-4-1-18(2-5-22)15-27-16-18/h14H,1-13,15-16,19-21H2/b17-14-. The van der Waals surface area contributed by atoms with Crippen LogP contribution in [-0.4, -0.2) is 95.5 Å². The zero-order valence-corrected chi connectivity index (χ0v) is 16.4. The molecular weight excluding hydrogens is 350 g/mol. The molecule has 1 spiro atoms. The quantitative estimate of drug-likeness (QED) is 0.197. The molecule has 6 N–H and O–H groups in total. The van der Waals surface area contributed by atoms with Crippen LogP contribution in [0.3, 0.4) is 0 Å². The molecule has 158 valence electrons. The van der Waals surface area contributed by atoms with Crippen molar-refractivity contribution in [2.24, 2.45) is 22.7 Å². The fourth-order valence-electron chi connectivity index (χ4n) is 3.24. The van der Waals surface area contributed by atoms with Gasteiger partial charge in [-0.25, -0.2) is 5.84 Å². The van der Waals surface area contributed by atoms with Gasteiger partial charge in [0.15, 0.2) is 0 Å². The Bertz CT molecular complexity index is 424. The van der Waals surface area contributed by atoms with Crippen molar-refractivity contribution in [3.05, 3.63) is 11.9 Å². The fraction of sp³-hybridized carbons (Fsp3) is 0.889. The first-order valence-corrected chi connectivity index (χ1v) is 9.84. The van der Waals surface area contributed by atoms with Crippen LogP contribution >= 0.6 is 0 Å². The molecule has 0 aromatic heterocycles. The number of nitrogens with two attached hydrogens (primary N) is 3. The summed E-state index contributed by atoms with van der Waals surface area (Å²) in [6, 6.07) is 0. The minimum atomic E-state index is 0.452. The zero-order valence-electron chi connectivity index (χ0n) is 16.4. The van der Waals surface area contributed by atoms with Gasteiger partial charge in [0.25, 0.3) is 0 Å². The molecule has 0 saturated carbocycles. The van der Waals surface area contributed by atoms with E-state index in [1.54, 1.807) is 11.2 Å². The van der Waals surface area contributed by atoms with Gasteiger partial charge in [-0.15, -0.1) is 0 Å². The topological polar surface area (TPSA) is 121 Å². The zero-order chi connectivity index (χ0) is 19.4. The smallest absolute Gasteiger partial charge is 0.0701 e. The molecule has 0 aliphatic carbocycles. The summed E-state index contributed by atoms with van der Waals surface area (Å²) < 4.78 is 21.5. The summed E-state index contributed by atoms with van der Waals surface area (Å²) >= 11 is 0. The van der Waals surface area contributed by atoms with E-state index in [0.29, 0.717) is 58.1 Å². The van der Waals surface area contributed by atoms with Gasteiger partial charge in [-0.3, -0.25) is 4.90 Å². The Morgan fingerprint density at radius 3 is 2.15 bits per heavy atom. The van der Waals surface area contributed by atoms with Gasteiger partial charge in [0.2, 0.25) is 0 Å². The van der Waals surface area contributed by atoms with E-state index in [0.717, 1.165) is 38.5 Å². The summed E-state index contributed by atoms with van der Waals surface area (Å²) in [4.78, 5) is 2.38. The van der Waals surface area contributed by atoms with Crippen LogP contribution in [0.15, 0.2) is 11.9 Å².